The topological polar surface area (TPSA) is 26.3 Å². The van der Waals surface area contributed by atoms with Gasteiger partial charge in [0.1, 0.15) is 11.2 Å². The number of fused-ring (bicyclic) bond motifs is 4. The first-order valence-electron chi connectivity index (χ1n) is 6.41. The van der Waals surface area contributed by atoms with E-state index in [2.05, 4.69) is 19.9 Å². The van der Waals surface area contributed by atoms with Gasteiger partial charge in [-0.2, -0.15) is 0 Å². The molecule has 2 nitrogen and oxygen atoms in total. The van der Waals surface area contributed by atoms with Crippen molar-refractivity contribution in [3.05, 3.63) is 29.3 Å². The van der Waals surface area contributed by atoms with Crippen LogP contribution in [0.25, 0.3) is 0 Å². The molecular formula is C15H16O2. The van der Waals surface area contributed by atoms with Crippen molar-refractivity contribution >= 4 is 5.97 Å². The standard InChI is InChI=1S/C15H16O2/c1-9-3-4-12-11(7-9)15(13(16)17-12)6-5-10-8-14(10,15)2/h3-4,7,10H,5-6,8H2,1-2H3. The van der Waals surface area contributed by atoms with Crippen LogP contribution in [0.4, 0.5) is 0 Å². The van der Waals surface area contributed by atoms with Gasteiger partial charge in [0.25, 0.3) is 0 Å². The molecule has 17 heavy (non-hydrogen) atoms. The fraction of sp³-hybridized carbons (Fsp3) is 0.533. The van der Waals surface area contributed by atoms with Gasteiger partial charge < -0.3 is 4.74 Å². The van der Waals surface area contributed by atoms with E-state index in [0.29, 0.717) is 0 Å². The summed E-state index contributed by atoms with van der Waals surface area (Å²) in [5.74, 6) is 1.54. The molecule has 0 aromatic heterocycles. The van der Waals surface area contributed by atoms with E-state index in [1.54, 1.807) is 0 Å². The van der Waals surface area contributed by atoms with Gasteiger partial charge in [-0.1, -0.05) is 24.6 Å². The van der Waals surface area contributed by atoms with Crippen molar-refractivity contribution < 1.29 is 9.53 Å². The minimum Gasteiger partial charge on any atom is -0.426 e. The fourth-order valence-electron chi connectivity index (χ4n) is 4.21. The number of hydrogen-bond acceptors (Lipinski definition) is 2. The maximum absolute atomic E-state index is 12.4. The number of carbonyl (C=O) groups excluding carboxylic acids is 1. The average Bonchev–Trinajstić information content (AvgIpc) is 2.75. The summed E-state index contributed by atoms with van der Waals surface area (Å²) in [6.07, 6.45) is 3.35. The van der Waals surface area contributed by atoms with Gasteiger partial charge in [-0.15, -0.1) is 0 Å². The molecule has 3 atom stereocenters. The molecule has 2 fully saturated rings. The number of ether oxygens (including phenoxy) is 1. The Labute approximate surface area is 101 Å². The summed E-state index contributed by atoms with van der Waals surface area (Å²) in [4.78, 5) is 12.4. The number of benzene rings is 1. The van der Waals surface area contributed by atoms with Crippen LogP contribution in [0.5, 0.6) is 5.75 Å². The van der Waals surface area contributed by atoms with Gasteiger partial charge in [0.2, 0.25) is 0 Å². The Morgan fingerprint density at radius 1 is 1.41 bits per heavy atom. The SMILES string of the molecule is Cc1ccc2c(c1)C1(CCC3CC31C)C(=O)O2. The molecule has 0 bridgehead atoms. The van der Waals surface area contributed by atoms with Crippen LogP contribution in [0.3, 0.4) is 0 Å². The van der Waals surface area contributed by atoms with Crippen molar-refractivity contribution in [2.75, 3.05) is 0 Å². The van der Waals surface area contributed by atoms with Crippen LogP contribution in [-0.4, -0.2) is 5.97 Å². The van der Waals surface area contributed by atoms with Crippen LogP contribution < -0.4 is 4.74 Å². The smallest absolute Gasteiger partial charge is 0.322 e. The van der Waals surface area contributed by atoms with Gasteiger partial charge >= 0.3 is 5.97 Å². The van der Waals surface area contributed by atoms with Gasteiger partial charge in [0.15, 0.2) is 0 Å². The van der Waals surface area contributed by atoms with E-state index in [1.165, 1.54) is 18.4 Å². The Morgan fingerprint density at radius 3 is 2.88 bits per heavy atom. The molecule has 4 rings (SSSR count). The van der Waals surface area contributed by atoms with E-state index in [0.717, 1.165) is 23.7 Å². The predicted octanol–water partition coefficient (Wildman–Crippen LogP) is 2.97. The summed E-state index contributed by atoms with van der Waals surface area (Å²) in [5.41, 5.74) is 2.22. The van der Waals surface area contributed by atoms with Gasteiger partial charge in [-0.25, -0.2) is 0 Å². The third-order valence-electron chi connectivity index (χ3n) is 5.40. The summed E-state index contributed by atoms with van der Waals surface area (Å²) >= 11 is 0. The molecule has 0 N–H and O–H groups in total. The lowest BCUT2D eigenvalue weighted by molar-refractivity contribution is -0.140. The number of aryl methyl sites for hydroxylation is 1. The first-order valence-corrected chi connectivity index (χ1v) is 6.41. The third kappa shape index (κ3) is 0.885. The highest BCUT2D eigenvalue weighted by molar-refractivity contribution is 5.93. The number of hydrogen-bond donors (Lipinski definition) is 0. The second-order valence-electron chi connectivity index (χ2n) is 6.15. The first kappa shape index (κ1) is 9.69. The molecule has 0 radical (unpaired) electrons. The molecule has 3 unspecified atom stereocenters. The number of rotatable bonds is 0. The molecule has 88 valence electrons. The number of carbonyl (C=O) groups is 1. The van der Waals surface area contributed by atoms with Crippen LogP contribution in [0.2, 0.25) is 0 Å². The van der Waals surface area contributed by atoms with Crippen molar-refractivity contribution in [3.63, 3.8) is 0 Å². The molecule has 2 aliphatic carbocycles. The Hall–Kier alpha value is -1.31. The van der Waals surface area contributed by atoms with Crippen molar-refractivity contribution in [2.24, 2.45) is 11.3 Å². The molecule has 2 saturated carbocycles. The highest BCUT2D eigenvalue weighted by Crippen LogP contribution is 2.74. The van der Waals surface area contributed by atoms with Crippen LogP contribution in [0.1, 0.15) is 37.3 Å². The second kappa shape index (κ2) is 2.58. The predicted molar refractivity (Wildman–Crippen MR) is 63.9 cm³/mol. The highest BCUT2D eigenvalue weighted by Gasteiger charge is 2.74. The molecule has 3 aliphatic rings. The number of esters is 1. The van der Waals surface area contributed by atoms with E-state index in [9.17, 15) is 4.79 Å². The molecule has 1 heterocycles. The Balaban J connectivity index is 1.99. The lowest BCUT2D eigenvalue weighted by atomic mass is 9.70. The van der Waals surface area contributed by atoms with E-state index in [4.69, 9.17) is 4.74 Å². The van der Waals surface area contributed by atoms with Crippen molar-refractivity contribution in [3.8, 4) is 5.75 Å². The summed E-state index contributed by atoms with van der Waals surface area (Å²) in [6, 6.07) is 6.13. The van der Waals surface area contributed by atoms with E-state index >= 15 is 0 Å². The molecule has 1 spiro atoms. The van der Waals surface area contributed by atoms with Gasteiger partial charge in [-0.3, -0.25) is 4.79 Å². The zero-order valence-electron chi connectivity index (χ0n) is 10.2. The second-order valence-corrected chi connectivity index (χ2v) is 6.15. The van der Waals surface area contributed by atoms with Crippen LogP contribution >= 0.6 is 0 Å². The monoisotopic (exact) mass is 228 g/mol. The molecule has 0 amide bonds. The van der Waals surface area contributed by atoms with E-state index in [-0.39, 0.29) is 16.8 Å². The lowest BCUT2D eigenvalue weighted by Crippen LogP contribution is -2.39. The summed E-state index contributed by atoms with van der Waals surface area (Å²) in [6.45, 7) is 4.35. The summed E-state index contributed by atoms with van der Waals surface area (Å²) in [5, 5.41) is 0. The summed E-state index contributed by atoms with van der Waals surface area (Å²) < 4.78 is 5.52. The summed E-state index contributed by atoms with van der Waals surface area (Å²) in [7, 11) is 0. The van der Waals surface area contributed by atoms with Crippen LogP contribution in [0, 0.1) is 18.3 Å². The zero-order chi connectivity index (χ0) is 11.8. The minimum atomic E-state index is -0.320. The maximum Gasteiger partial charge on any atom is 0.322 e. The van der Waals surface area contributed by atoms with E-state index < -0.39 is 0 Å². The Kier molecular flexibility index (Phi) is 1.47. The van der Waals surface area contributed by atoms with Crippen molar-refractivity contribution in [1.29, 1.82) is 0 Å². The van der Waals surface area contributed by atoms with Crippen molar-refractivity contribution in [2.45, 2.75) is 38.5 Å². The fourth-order valence-corrected chi connectivity index (χ4v) is 4.21. The van der Waals surface area contributed by atoms with Gasteiger partial charge in [0.05, 0.1) is 0 Å². The normalized spacial score (nSPS) is 41.3. The molecule has 1 aromatic carbocycles. The zero-order valence-corrected chi connectivity index (χ0v) is 10.2. The Morgan fingerprint density at radius 2 is 2.24 bits per heavy atom. The minimum absolute atomic E-state index is 0.000556. The maximum atomic E-state index is 12.4. The average molecular weight is 228 g/mol. The van der Waals surface area contributed by atoms with Crippen LogP contribution in [-0.2, 0) is 10.2 Å². The van der Waals surface area contributed by atoms with E-state index in [1.807, 2.05) is 12.1 Å². The highest BCUT2D eigenvalue weighted by atomic mass is 16.5. The van der Waals surface area contributed by atoms with Gasteiger partial charge in [0, 0.05) is 5.56 Å². The largest absolute Gasteiger partial charge is 0.426 e. The van der Waals surface area contributed by atoms with Crippen molar-refractivity contribution in [1.82, 2.24) is 0 Å². The quantitative estimate of drug-likeness (QED) is 0.504. The van der Waals surface area contributed by atoms with Crippen LogP contribution in [0.15, 0.2) is 18.2 Å². The third-order valence-corrected chi connectivity index (χ3v) is 5.40. The Bertz CT molecular complexity index is 546. The molecule has 2 heteroatoms. The van der Waals surface area contributed by atoms with Gasteiger partial charge in [-0.05, 0) is 43.6 Å². The lowest BCUT2D eigenvalue weighted by Gasteiger charge is -2.28. The molecule has 1 aliphatic heterocycles. The molecule has 1 aromatic rings. The molecular weight excluding hydrogens is 212 g/mol. The molecule has 0 saturated heterocycles. The first-order chi connectivity index (χ1) is 8.08.